The molecular formula is C15H16N3O6-. The van der Waals surface area contributed by atoms with E-state index in [2.05, 4.69) is 22.4 Å². The smallest absolute Gasteiger partial charge is 0.329 e. The first-order chi connectivity index (χ1) is 11.5. The summed E-state index contributed by atoms with van der Waals surface area (Å²) in [5, 5.41) is 16.3. The number of hydrogen-bond acceptors (Lipinski definition) is 7. The molecule has 128 valence electrons. The van der Waals surface area contributed by atoms with Crippen LogP contribution in [0.4, 0.5) is 0 Å². The highest BCUT2D eigenvalue weighted by Gasteiger charge is 2.10. The maximum atomic E-state index is 11.4. The summed E-state index contributed by atoms with van der Waals surface area (Å²) in [6, 6.07) is 4.54. The summed E-state index contributed by atoms with van der Waals surface area (Å²) in [5.74, 6) is -2.63. The lowest BCUT2D eigenvalue weighted by Gasteiger charge is -2.11. The van der Waals surface area contributed by atoms with Gasteiger partial charge in [-0.1, -0.05) is 6.08 Å². The van der Waals surface area contributed by atoms with Crippen LogP contribution in [0.5, 0.6) is 11.5 Å². The minimum absolute atomic E-state index is 0.167. The molecule has 9 heteroatoms. The molecule has 0 aliphatic carbocycles. The third-order valence-corrected chi connectivity index (χ3v) is 2.53. The number of amides is 2. The van der Waals surface area contributed by atoms with E-state index in [-0.39, 0.29) is 18.0 Å². The number of carbonyl (C=O) groups is 3. The highest BCUT2D eigenvalue weighted by Crippen LogP contribution is 2.27. The monoisotopic (exact) mass is 334 g/mol. The van der Waals surface area contributed by atoms with Crippen molar-refractivity contribution >= 4 is 24.0 Å². The summed E-state index contributed by atoms with van der Waals surface area (Å²) >= 11 is 0. The second-order valence-corrected chi connectivity index (χ2v) is 4.27. The minimum Gasteiger partial charge on any atom is -0.546 e. The van der Waals surface area contributed by atoms with Gasteiger partial charge in [-0.05, 0) is 23.8 Å². The fraction of sp³-hybridized carbons (Fsp3) is 0.200. The van der Waals surface area contributed by atoms with Gasteiger partial charge >= 0.3 is 11.8 Å². The molecule has 0 fully saturated rings. The van der Waals surface area contributed by atoms with Crippen LogP contribution in [-0.2, 0) is 14.4 Å². The number of hydrogen-bond donors (Lipinski definition) is 2. The van der Waals surface area contributed by atoms with Crippen LogP contribution in [0.2, 0.25) is 0 Å². The molecule has 0 aliphatic rings. The maximum Gasteiger partial charge on any atom is 0.329 e. The van der Waals surface area contributed by atoms with Crippen molar-refractivity contribution in [3.05, 3.63) is 36.4 Å². The number of aliphatic carboxylic acids is 1. The van der Waals surface area contributed by atoms with Crippen LogP contribution in [0.25, 0.3) is 0 Å². The van der Waals surface area contributed by atoms with E-state index in [4.69, 9.17) is 9.47 Å². The molecule has 0 saturated carbocycles. The van der Waals surface area contributed by atoms with Crippen LogP contribution >= 0.6 is 0 Å². The lowest BCUT2D eigenvalue weighted by molar-refractivity contribution is -0.307. The molecule has 0 unspecified atom stereocenters. The van der Waals surface area contributed by atoms with E-state index in [1.165, 1.54) is 31.5 Å². The van der Waals surface area contributed by atoms with Crippen LogP contribution < -0.4 is 25.3 Å². The molecule has 0 saturated heterocycles. The van der Waals surface area contributed by atoms with Gasteiger partial charge in [-0.3, -0.25) is 9.59 Å². The van der Waals surface area contributed by atoms with Gasteiger partial charge in [0.1, 0.15) is 6.61 Å². The minimum atomic E-state index is -1.36. The number of methoxy groups -OCH3 is 1. The average molecular weight is 334 g/mol. The standard InChI is InChI=1S/C15H17N3O6/c1-3-6-16-14(21)15(22)18-17-8-10-4-5-11(12(7-10)23-2)24-9-13(19)20/h3-5,7-8H,1,6,9H2,2H3,(H,16,21)(H,18,22)(H,19,20)/p-1/b17-8-. The van der Waals surface area contributed by atoms with E-state index in [1.54, 1.807) is 6.07 Å². The van der Waals surface area contributed by atoms with E-state index in [0.29, 0.717) is 5.56 Å². The lowest BCUT2D eigenvalue weighted by atomic mass is 10.2. The van der Waals surface area contributed by atoms with Crippen molar-refractivity contribution in [1.29, 1.82) is 0 Å². The third kappa shape index (κ3) is 6.18. The van der Waals surface area contributed by atoms with Gasteiger partial charge in [0.25, 0.3) is 0 Å². The first kappa shape index (κ1) is 18.7. The maximum absolute atomic E-state index is 11.4. The number of carboxylic acid groups (broad SMARTS) is 1. The molecule has 0 aliphatic heterocycles. The topological polar surface area (TPSA) is 129 Å². The highest BCUT2D eigenvalue weighted by molar-refractivity contribution is 6.35. The summed E-state index contributed by atoms with van der Waals surface area (Å²) in [4.78, 5) is 33.1. The Morgan fingerprint density at radius 3 is 2.67 bits per heavy atom. The summed E-state index contributed by atoms with van der Waals surface area (Å²) in [7, 11) is 1.38. The van der Waals surface area contributed by atoms with E-state index in [1.807, 2.05) is 0 Å². The summed E-state index contributed by atoms with van der Waals surface area (Å²) in [6.45, 7) is 2.96. The van der Waals surface area contributed by atoms with Gasteiger partial charge in [0.2, 0.25) is 0 Å². The van der Waals surface area contributed by atoms with Crippen LogP contribution in [0.3, 0.4) is 0 Å². The van der Waals surface area contributed by atoms with Crippen molar-refractivity contribution in [2.75, 3.05) is 20.3 Å². The number of carbonyl (C=O) groups excluding carboxylic acids is 3. The first-order valence-corrected chi connectivity index (χ1v) is 6.70. The molecule has 0 atom stereocenters. The number of nitrogens with one attached hydrogen (secondary N) is 2. The molecular weight excluding hydrogens is 318 g/mol. The SMILES string of the molecule is C=CCNC(=O)C(=O)N/N=C\c1ccc(OCC(=O)[O-])c(OC)c1. The van der Waals surface area contributed by atoms with Gasteiger partial charge < -0.3 is 24.7 Å². The number of nitrogens with zero attached hydrogens (tertiary/aromatic N) is 1. The molecule has 0 aromatic heterocycles. The number of rotatable bonds is 8. The Morgan fingerprint density at radius 2 is 2.04 bits per heavy atom. The molecule has 2 N–H and O–H groups in total. The number of benzene rings is 1. The van der Waals surface area contributed by atoms with Gasteiger partial charge in [-0.25, -0.2) is 5.43 Å². The normalized spacial score (nSPS) is 10.0. The second-order valence-electron chi connectivity index (χ2n) is 4.27. The van der Waals surface area contributed by atoms with E-state index >= 15 is 0 Å². The summed E-state index contributed by atoms with van der Waals surface area (Å²) in [6.07, 6.45) is 2.72. The second kappa shape index (κ2) is 9.62. The Bertz CT molecular complexity index is 657. The van der Waals surface area contributed by atoms with Crippen molar-refractivity contribution in [3.8, 4) is 11.5 Å². The van der Waals surface area contributed by atoms with Gasteiger partial charge in [-0.2, -0.15) is 5.10 Å². The lowest BCUT2D eigenvalue weighted by Crippen LogP contribution is -2.37. The number of ether oxygens (including phenoxy) is 2. The van der Waals surface area contributed by atoms with E-state index < -0.39 is 24.4 Å². The third-order valence-electron chi connectivity index (χ3n) is 2.53. The molecule has 0 heterocycles. The summed E-state index contributed by atoms with van der Waals surface area (Å²) < 4.78 is 10.1. The van der Waals surface area contributed by atoms with Crippen LogP contribution in [0, 0.1) is 0 Å². The van der Waals surface area contributed by atoms with Gasteiger partial charge in [0, 0.05) is 6.54 Å². The van der Waals surface area contributed by atoms with Gasteiger partial charge in [0.15, 0.2) is 11.5 Å². The quantitative estimate of drug-likeness (QED) is 0.260. The molecule has 0 bridgehead atoms. The van der Waals surface area contributed by atoms with Crippen molar-refractivity contribution in [2.24, 2.45) is 5.10 Å². The zero-order chi connectivity index (χ0) is 17.9. The predicted molar refractivity (Wildman–Crippen MR) is 82.4 cm³/mol. The number of hydrazone groups is 1. The molecule has 1 aromatic carbocycles. The fourth-order valence-corrected chi connectivity index (χ4v) is 1.48. The Hall–Kier alpha value is -3.36. The average Bonchev–Trinajstić information content (AvgIpc) is 2.57. The Kier molecular flexibility index (Phi) is 7.49. The van der Waals surface area contributed by atoms with Crippen molar-refractivity contribution in [3.63, 3.8) is 0 Å². The van der Waals surface area contributed by atoms with Crippen molar-refractivity contribution in [2.45, 2.75) is 0 Å². The zero-order valence-electron chi connectivity index (χ0n) is 12.9. The molecule has 0 radical (unpaired) electrons. The number of carboxylic acids is 1. The Balaban J connectivity index is 2.67. The highest BCUT2D eigenvalue weighted by atomic mass is 16.5. The zero-order valence-corrected chi connectivity index (χ0v) is 12.9. The Labute approximate surface area is 137 Å². The predicted octanol–water partition coefficient (Wildman–Crippen LogP) is -1.42. The molecule has 2 amide bonds. The van der Waals surface area contributed by atoms with E-state index in [9.17, 15) is 19.5 Å². The fourth-order valence-electron chi connectivity index (χ4n) is 1.48. The van der Waals surface area contributed by atoms with E-state index in [0.717, 1.165) is 0 Å². The van der Waals surface area contributed by atoms with Crippen molar-refractivity contribution in [1.82, 2.24) is 10.7 Å². The van der Waals surface area contributed by atoms with Crippen LogP contribution in [0.15, 0.2) is 36.0 Å². The van der Waals surface area contributed by atoms with Crippen LogP contribution in [-0.4, -0.2) is 44.3 Å². The molecule has 9 nitrogen and oxygen atoms in total. The first-order valence-electron chi connectivity index (χ1n) is 6.70. The van der Waals surface area contributed by atoms with Crippen molar-refractivity contribution < 1.29 is 29.0 Å². The van der Waals surface area contributed by atoms with Gasteiger partial charge in [0.05, 0.1) is 19.3 Å². The summed E-state index contributed by atoms with van der Waals surface area (Å²) in [5.41, 5.74) is 2.59. The van der Waals surface area contributed by atoms with Gasteiger partial charge in [-0.15, -0.1) is 6.58 Å². The Morgan fingerprint density at radius 1 is 1.29 bits per heavy atom. The van der Waals surface area contributed by atoms with Crippen LogP contribution in [0.1, 0.15) is 5.56 Å². The molecule has 1 aromatic rings. The molecule has 0 spiro atoms. The molecule has 24 heavy (non-hydrogen) atoms. The largest absolute Gasteiger partial charge is 0.546 e. The molecule has 1 rings (SSSR count).